The molecule has 4 nitrogen and oxygen atoms in total. The van der Waals surface area contributed by atoms with Gasteiger partial charge in [-0.15, -0.1) is 0 Å². The first-order valence-corrected chi connectivity index (χ1v) is 12.8. The van der Waals surface area contributed by atoms with Crippen LogP contribution in [0.1, 0.15) is 46.3 Å². The number of nitrogens with zero attached hydrogens (tertiary/aromatic N) is 1. The Morgan fingerprint density at radius 3 is 1.86 bits per heavy atom. The molecule has 0 radical (unpaired) electrons. The first-order chi connectivity index (χ1) is 17.1. The van der Waals surface area contributed by atoms with Crippen molar-refractivity contribution in [1.29, 1.82) is 0 Å². The van der Waals surface area contributed by atoms with Gasteiger partial charge in [-0.25, -0.2) is 0 Å². The minimum atomic E-state index is 0. The molecule has 0 spiro atoms. The van der Waals surface area contributed by atoms with Gasteiger partial charge in [-0.05, 0) is 49.3 Å². The monoisotopic (exact) mass is 505 g/mol. The quantitative estimate of drug-likeness (QED) is 0.441. The maximum Gasteiger partial charge on any atom is 0.166 e. The molecule has 190 valence electrons. The van der Waals surface area contributed by atoms with Gasteiger partial charge in [0.2, 0.25) is 0 Å². The van der Waals surface area contributed by atoms with E-state index in [1.807, 2.05) is 12.1 Å². The zero-order valence-corrected chi connectivity index (χ0v) is 22.0. The summed E-state index contributed by atoms with van der Waals surface area (Å²) in [6, 6.07) is 25.7. The van der Waals surface area contributed by atoms with Crippen LogP contribution in [0.2, 0.25) is 0 Å². The lowest BCUT2D eigenvalue weighted by Crippen LogP contribution is -3.00. The number of hydrogen-bond donors (Lipinski definition) is 0. The molecular weight excluding hydrogens is 470 g/mol. The summed E-state index contributed by atoms with van der Waals surface area (Å²) in [6.07, 6.45) is 4.15. The topological polar surface area (TPSA) is 35.5 Å². The van der Waals surface area contributed by atoms with E-state index in [1.165, 1.54) is 24.0 Å². The van der Waals surface area contributed by atoms with Crippen molar-refractivity contribution in [3.63, 3.8) is 0 Å². The number of ketones is 1. The fourth-order valence-corrected chi connectivity index (χ4v) is 6.21. The SMILES string of the molecule is COc1cc2c(cc1OC)C(=O)C(CC1CC[N+](Cc3ccccc3)(Cc3ccccc3)CC1)C2.[Cl-]. The lowest BCUT2D eigenvalue weighted by molar-refractivity contribution is -0.958. The number of hydrogen-bond acceptors (Lipinski definition) is 3. The Bertz CT molecular complexity index is 1110. The molecule has 3 aromatic rings. The molecule has 0 amide bonds. The molecule has 1 fully saturated rings. The van der Waals surface area contributed by atoms with Crippen molar-refractivity contribution >= 4 is 5.78 Å². The number of fused-ring (bicyclic) bond motifs is 1. The molecule has 5 heteroatoms. The van der Waals surface area contributed by atoms with Crippen molar-refractivity contribution in [3.8, 4) is 11.5 Å². The lowest BCUT2D eigenvalue weighted by atomic mass is 9.84. The van der Waals surface area contributed by atoms with Gasteiger partial charge < -0.3 is 26.4 Å². The largest absolute Gasteiger partial charge is 1.00 e. The number of benzene rings is 3. The number of likely N-dealkylation sites (tertiary alicyclic amines) is 1. The van der Waals surface area contributed by atoms with Crippen molar-refractivity contribution in [2.24, 2.45) is 11.8 Å². The number of piperidine rings is 1. The zero-order chi connectivity index (χ0) is 24.3. The summed E-state index contributed by atoms with van der Waals surface area (Å²) >= 11 is 0. The van der Waals surface area contributed by atoms with E-state index in [-0.39, 0.29) is 24.1 Å². The van der Waals surface area contributed by atoms with Gasteiger partial charge >= 0.3 is 0 Å². The van der Waals surface area contributed by atoms with E-state index in [4.69, 9.17) is 9.47 Å². The Balaban J connectivity index is 0.00000304. The van der Waals surface area contributed by atoms with Crippen LogP contribution in [-0.2, 0) is 19.5 Å². The van der Waals surface area contributed by atoms with Gasteiger partial charge in [0.1, 0.15) is 13.1 Å². The third-order valence-electron chi connectivity index (χ3n) is 8.07. The summed E-state index contributed by atoms with van der Waals surface area (Å²) in [6.45, 7) is 4.44. The molecule has 3 aromatic carbocycles. The van der Waals surface area contributed by atoms with Gasteiger partial charge in [0.15, 0.2) is 17.3 Å². The van der Waals surface area contributed by atoms with Crippen molar-refractivity contribution in [1.82, 2.24) is 0 Å². The van der Waals surface area contributed by atoms with Crippen LogP contribution in [-0.4, -0.2) is 37.6 Å². The molecule has 0 bridgehead atoms. The Kier molecular flexibility index (Phi) is 8.38. The van der Waals surface area contributed by atoms with Crippen molar-refractivity contribution in [2.75, 3.05) is 27.3 Å². The molecule has 0 N–H and O–H groups in total. The van der Waals surface area contributed by atoms with E-state index in [0.29, 0.717) is 17.4 Å². The first kappa shape index (κ1) is 26.2. The third-order valence-corrected chi connectivity index (χ3v) is 8.07. The van der Waals surface area contributed by atoms with Crippen LogP contribution < -0.4 is 21.9 Å². The smallest absolute Gasteiger partial charge is 0.166 e. The van der Waals surface area contributed by atoms with E-state index in [1.54, 1.807) is 14.2 Å². The molecule has 1 aliphatic carbocycles. The Morgan fingerprint density at radius 2 is 1.33 bits per heavy atom. The fourth-order valence-electron chi connectivity index (χ4n) is 6.21. The van der Waals surface area contributed by atoms with Crippen LogP contribution in [0.25, 0.3) is 0 Å². The number of ether oxygens (including phenoxy) is 2. The van der Waals surface area contributed by atoms with Crippen LogP contribution in [0, 0.1) is 11.8 Å². The number of halogens is 1. The molecule has 5 rings (SSSR count). The van der Waals surface area contributed by atoms with Crippen LogP contribution in [0.4, 0.5) is 0 Å². The minimum absolute atomic E-state index is 0. The van der Waals surface area contributed by atoms with E-state index in [2.05, 4.69) is 60.7 Å². The number of carbonyl (C=O) groups is 1. The molecule has 1 unspecified atom stereocenters. The lowest BCUT2D eigenvalue weighted by Gasteiger charge is -2.44. The summed E-state index contributed by atoms with van der Waals surface area (Å²) < 4.78 is 12.0. The van der Waals surface area contributed by atoms with Gasteiger partial charge in [0.05, 0.1) is 27.3 Å². The fraction of sp³-hybridized carbons (Fsp3) is 0.387. The van der Waals surface area contributed by atoms with Crippen molar-refractivity contribution < 1.29 is 31.2 Å². The number of rotatable bonds is 8. The second kappa shape index (κ2) is 11.5. The highest BCUT2D eigenvalue weighted by atomic mass is 35.5. The van der Waals surface area contributed by atoms with E-state index in [9.17, 15) is 4.79 Å². The Hall–Kier alpha value is -2.82. The summed E-state index contributed by atoms with van der Waals surface area (Å²) in [5.41, 5.74) is 4.74. The standard InChI is InChI=1S/C31H36NO3.ClH/c1-34-29-19-26-18-27(31(33)28(26)20-30(29)35-2)17-23-13-15-32(16-14-23,21-24-9-5-3-6-10-24)22-25-11-7-4-8-12-25;/h3-12,19-20,23,27H,13-18,21-22H2,1-2H3;1H/q+1;/p-1. The highest BCUT2D eigenvalue weighted by molar-refractivity contribution is 6.02. The van der Waals surface area contributed by atoms with Gasteiger partial charge in [-0.3, -0.25) is 4.79 Å². The maximum absolute atomic E-state index is 13.2. The van der Waals surface area contributed by atoms with E-state index < -0.39 is 0 Å². The van der Waals surface area contributed by atoms with E-state index >= 15 is 0 Å². The number of carbonyl (C=O) groups excluding carboxylic acids is 1. The van der Waals surface area contributed by atoms with Gasteiger partial charge in [-0.1, -0.05) is 60.7 Å². The average Bonchev–Trinajstić information content (AvgIpc) is 3.19. The van der Waals surface area contributed by atoms with Crippen LogP contribution >= 0.6 is 0 Å². The van der Waals surface area contributed by atoms with Crippen LogP contribution in [0.3, 0.4) is 0 Å². The molecule has 1 atom stereocenters. The second-order valence-corrected chi connectivity index (χ2v) is 10.4. The van der Waals surface area contributed by atoms with E-state index in [0.717, 1.165) is 54.6 Å². The molecule has 0 saturated carbocycles. The van der Waals surface area contributed by atoms with Crippen molar-refractivity contribution in [3.05, 3.63) is 95.1 Å². The molecular formula is C31H36ClNO3. The molecule has 1 heterocycles. The predicted molar refractivity (Wildman–Crippen MR) is 139 cm³/mol. The summed E-state index contributed by atoms with van der Waals surface area (Å²) in [5.74, 6) is 2.30. The molecule has 36 heavy (non-hydrogen) atoms. The summed E-state index contributed by atoms with van der Waals surface area (Å²) in [4.78, 5) is 13.2. The highest BCUT2D eigenvalue weighted by Crippen LogP contribution is 2.40. The minimum Gasteiger partial charge on any atom is -1.00 e. The predicted octanol–water partition coefficient (Wildman–Crippen LogP) is 3.08. The summed E-state index contributed by atoms with van der Waals surface area (Å²) in [7, 11) is 3.27. The van der Waals surface area contributed by atoms with Crippen molar-refractivity contribution in [2.45, 2.75) is 38.8 Å². The molecule has 1 saturated heterocycles. The molecule has 1 aliphatic heterocycles. The molecule has 0 aromatic heterocycles. The van der Waals surface area contributed by atoms with Gasteiger partial charge in [0.25, 0.3) is 0 Å². The highest BCUT2D eigenvalue weighted by Gasteiger charge is 2.38. The Morgan fingerprint density at radius 1 is 0.806 bits per heavy atom. The normalized spacial score (nSPS) is 18.8. The zero-order valence-electron chi connectivity index (χ0n) is 21.3. The number of Topliss-reactive ketones (excluding diaryl/α,β-unsaturated/α-hetero) is 1. The first-order valence-electron chi connectivity index (χ1n) is 12.8. The number of methoxy groups -OCH3 is 2. The maximum atomic E-state index is 13.2. The number of quaternary nitrogens is 1. The van der Waals surface area contributed by atoms with Crippen LogP contribution in [0.5, 0.6) is 11.5 Å². The molecule has 2 aliphatic rings. The Labute approximate surface area is 221 Å². The van der Waals surface area contributed by atoms with Gasteiger partial charge in [0, 0.05) is 22.6 Å². The third kappa shape index (κ3) is 5.61. The van der Waals surface area contributed by atoms with Gasteiger partial charge in [-0.2, -0.15) is 0 Å². The summed E-state index contributed by atoms with van der Waals surface area (Å²) in [5, 5.41) is 0. The van der Waals surface area contributed by atoms with Crippen LogP contribution in [0.15, 0.2) is 72.8 Å². The average molecular weight is 506 g/mol. The second-order valence-electron chi connectivity index (χ2n) is 10.4.